The van der Waals surface area contributed by atoms with Gasteiger partial charge in [-0.05, 0) is 29.7 Å². The van der Waals surface area contributed by atoms with E-state index in [0.717, 1.165) is 63.6 Å². The second-order valence-corrected chi connectivity index (χ2v) is 7.30. The normalized spacial score (nSPS) is 17.4. The van der Waals surface area contributed by atoms with Gasteiger partial charge in [0.15, 0.2) is 0 Å². The van der Waals surface area contributed by atoms with Crippen LogP contribution < -0.4 is 9.64 Å². The maximum absolute atomic E-state index is 11.2. The van der Waals surface area contributed by atoms with Crippen LogP contribution in [0, 0.1) is 0 Å². The third kappa shape index (κ3) is 5.80. The van der Waals surface area contributed by atoms with Crippen molar-refractivity contribution in [2.24, 2.45) is 0 Å². The molecule has 1 aliphatic heterocycles. The second-order valence-electron chi connectivity index (χ2n) is 7.30. The lowest BCUT2D eigenvalue weighted by atomic mass is 9.88. The number of aliphatic hydroxyl groups is 1. The molecule has 1 fully saturated rings. The molecule has 4 heteroatoms. The van der Waals surface area contributed by atoms with Crippen molar-refractivity contribution in [3.8, 4) is 5.75 Å². The van der Waals surface area contributed by atoms with Crippen molar-refractivity contribution < 1.29 is 19.5 Å². The summed E-state index contributed by atoms with van der Waals surface area (Å²) in [5.41, 5.74) is 2.13. The molecule has 0 aromatic heterocycles. The molecule has 1 aliphatic rings. The zero-order chi connectivity index (χ0) is 18.9. The molecule has 1 heterocycles. The number of morpholine rings is 1. The van der Waals surface area contributed by atoms with Gasteiger partial charge in [0.1, 0.15) is 18.8 Å². The van der Waals surface area contributed by atoms with Gasteiger partial charge >= 0.3 is 0 Å². The van der Waals surface area contributed by atoms with Crippen LogP contribution in [0.25, 0.3) is 0 Å². The Labute approximate surface area is 162 Å². The van der Waals surface area contributed by atoms with E-state index in [-0.39, 0.29) is 5.92 Å². The Balaban J connectivity index is 1.72. The van der Waals surface area contributed by atoms with Crippen LogP contribution in [0.15, 0.2) is 54.6 Å². The minimum absolute atomic E-state index is 0.0613. The third-order valence-electron chi connectivity index (χ3n) is 5.31. The van der Waals surface area contributed by atoms with E-state index >= 15 is 0 Å². The van der Waals surface area contributed by atoms with Gasteiger partial charge in [0, 0.05) is 0 Å². The average molecular weight is 371 g/mol. The molecule has 2 N–H and O–H groups in total. The minimum atomic E-state index is -0.535. The summed E-state index contributed by atoms with van der Waals surface area (Å²) in [4.78, 5) is 1.49. The Morgan fingerprint density at radius 2 is 1.70 bits per heavy atom. The van der Waals surface area contributed by atoms with Gasteiger partial charge in [-0.2, -0.15) is 0 Å². The Hall–Kier alpha value is -1.88. The van der Waals surface area contributed by atoms with Gasteiger partial charge in [0.25, 0.3) is 0 Å². The summed E-state index contributed by atoms with van der Waals surface area (Å²) in [5.74, 6) is 0.931. The van der Waals surface area contributed by atoms with E-state index in [1.54, 1.807) is 0 Å². The van der Waals surface area contributed by atoms with E-state index < -0.39 is 6.10 Å². The molecule has 4 nitrogen and oxygen atoms in total. The summed E-state index contributed by atoms with van der Waals surface area (Å²) < 4.78 is 11.2. The lowest BCUT2D eigenvalue weighted by Gasteiger charge is -2.30. The maximum atomic E-state index is 11.2. The van der Waals surface area contributed by atoms with Crippen LogP contribution in [0.3, 0.4) is 0 Å². The number of benzene rings is 2. The first-order valence-electron chi connectivity index (χ1n) is 10.1. The predicted octanol–water partition coefficient (Wildman–Crippen LogP) is 2.60. The Kier molecular flexibility index (Phi) is 7.69. The van der Waals surface area contributed by atoms with Crippen molar-refractivity contribution in [3.05, 3.63) is 65.7 Å². The number of ether oxygens (including phenoxy) is 2. The average Bonchev–Trinajstić information content (AvgIpc) is 2.74. The molecule has 2 atom stereocenters. The molecule has 2 aromatic rings. The topological polar surface area (TPSA) is 43.1 Å². The van der Waals surface area contributed by atoms with Gasteiger partial charge in [-0.25, -0.2) is 0 Å². The van der Waals surface area contributed by atoms with E-state index in [2.05, 4.69) is 19.1 Å². The van der Waals surface area contributed by atoms with Crippen LogP contribution in [0.4, 0.5) is 0 Å². The lowest BCUT2D eigenvalue weighted by Crippen LogP contribution is -3.14. The number of aliphatic hydroxyl groups excluding tert-OH is 1. The maximum Gasteiger partial charge on any atom is 0.119 e. The molecular formula is C23H32NO3+. The Morgan fingerprint density at radius 3 is 2.37 bits per heavy atom. The molecular weight excluding hydrogens is 338 g/mol. The third-order valence-corrected chi connectivity index (χ3v) is 5.31. The van der Waals surface area contributed by atoms with Crippen LogP contribution in [0.5, 0.6) is 5.75 Å². The molecule has 0 bridgehead atoms. The van der Waals surface area contributed by atoms with Gasteiger partial charge in [-0.15, -0.1) is 0 Å². The van der Waals surface area contributed by atoms with E-state index in [1.165, 1.54) is 10.5 Å². The van der Waals surface area contributed by atoms with Gasteiger partial charge in [-0.1, -0.05) is 55.8 Å². The first-order valence-corrected chi connectivity index (χ1v) is 10.1. The van der Waals surface area contributed by atoms with E-state index in [4.69, 9.17) is 9.47 Å². The van der Waals surface area contributed by atoms with Crippen LogP contribution >= 0.6 is 0 Å². The molecule has 0 spiro atoms. The molecule has 3 rings (SSSR count). The number of hydrogen-bond acceptors (Lipinski definition) is 3. The number of unbranched alkanes of at least 4 members (excludes halogenated alkanes) is 1. The highest BCUT2D eigenvalue weighted by Crippen LogP contribution is 2.31. The smallest absolute Gasteiger partial charge is 0.119 e. The Bertz CT molecular complexity index is 653. The van der Waals surface area contributed by atoms with Crippen molar-refractivity contribution in [1.82, 2.24) is 0 Å². The van der Waals surface area contributed by atoms with Gasteiger partial charge in [-0.3, -0.25) is 0 Å². The van der Waals surface area contributed by atoms with Crippen LogP contribution in [-0.4, -0.2) is 44.6 Å². The zero-order valence-electron chi connectivity index (χ0n) is 16.3. The number of rotatable bonds is 9. The molecule has 1 saturated heterocycles. The zero-order valence-corrected chi connectivity index (χ0v) is 16.3. The summed E-state index contributed by atoms with van der Waals surface area (Å²) >= 11 is 0. The summed E-state index contributed by atoms with van der Waals surface area (Å²) in [6.45, 7) is 7.41. The van der Waals surface area contributed by atoms with Crippen molar-refractivity contribution in [2.45, 2.75) is 31.8 Å². The summed E-state index contributed by atoms with van der Waals surface area (Å²) in [5, 5.41) is 11.2. The Morgan fingerprint density at radius 1 is 1.00 bits per heavy atom. The monoisotopic (exact) mass is 370 g/mol. The molecule has 0 aliphatic carbocycles. The highest BCUT2D eigenvalue weighted by atomic mass is 16.5. The molecule has 146 valence electrons. The van der Waals surface area contributed by atoms with Crippen LogP contribution in [0.1, 0.15) is 42.9 Å². The molecule has 0 amide bonds. The minimum Gasteiger partial charge on any atom is -0.494 e. The fourth-order valence-corrected chi connectivity index (χ4v) is 3.62. The van der Waals surface area contributed by atoms with Crippen LogP contribution in [-0.2, 0) is 4.74 Å². The quantitative estimate of drug-likeness (QED) is 0.667. The summed E-state index contributed by atoms with van der Waals surface area (Å²) in [6, 6.07) is 18.3. The van der Waals surface area contributed by atoms with Crippen molar-refractivity contribution in [2.75, 3.05) is 39.5 Å². The van der Waals surface area contributed by atoms with E-state index in [0.29, 0.717) is 0 Å². The molecule has 2 aromatic carbocycles. The molecule has 0 radical (unpaired) electrons. The molecule has 27 heavy (non-hydrogen) atoms. The van der Waals surface area contributed by atoms with Crippen molar-refractivity contribution >= 4 is 0 Å². The van der Waals surface area contributed by atoms with Gasteiger partial charge in [0.05, 0.1) is 38.4 Å². The first kappa shape index (κ1) is 19.9. The predicted molar refractivity (Wildman–Crippen MR) is 107 cm³/mol. The fraction of sp³-hybridized carbons (Fsp3) is 0.478. The second kappa shape index (κ2) is 10.5. The van der Waals surface area contributed by atoms with E-state index in [9.17, 15) is 5.11 Å². The van der Waals surface area contributed by atoms with Crippen LogP contribution in [0.2, 0.25) is 0 Å². The molecule has 0 unspecified atom stereocenters. The van der Waals surface area contributed by atoms with Gasteiger partial charge in [0.2, 0.25) is 0 Å². The van der Waals surface area contributed by atoms with Gasteiger partial charge < -0.3 is 19.5 Å². The summed E-state index contributed by atoms with van der Waals surface area (Å²) in [6.07, 6.45) is 1.65. The van der Waals surface area contributed by atoms with Crippen molar-refractivity contribution in [1.29, 1.82) is 0 Å². The van der Waals surface area contributed by atoms with Crippen molar-refractivity contribution in [3.63, 3.8) is 0 Å². The lowest BCUT2D eigenvalue weighted by molar-refractivity contribution is -0.909. The fourth-order valence-electron chi connectivity index (χ4n) is 3.62. The highest BCUT2D eigenvalue weighted by Gasteiger charge is 2.28. The molecule has 0 saturated carbocycles. The number of nitrogens with one attached hydrogen (secondary N) is 1. The largest absolute Gasteiger partial charge is 0.494 e. The standard InChI is InChI=1S/C23H31NO3/c1-2-3-15-27-21-11-9-20(10-12-21)23(25)22(19-7-5-4-6-8-19)18-24-13-16-26-17-14-24/h4-12,22-23,25H,2-3,13-18H2,1H3/p+1/t22-,23-/m1/s1. The van der Waals surface area contributed by atoms with E-state index in [1.807, 2.05) is 42.5 Å². The SMILES string of the molecule is CCCCOc1ccc([C@@H](O)[C@H](C[NH+]2CCOCC2)c2ccccc2)cc1. The summed E-state index contributed by atoms with van der Waals surface area (Å²) in [7, 11) is 0. The number of quaternary nitrogens is 1. The highest BCUT2D eigenvalue weighted by molar-refractivity contribution is 5.31. The first-order chi connectivity index (χ1) is 13.3. The number of hydrogen-bond donors (Lipinski definition) is 2.